The molecule has 0 spiro atoms. The van der Waals surface area contributed by atoms with Gasteiger partial charge in [0.05, 0.1) is 12.2 Å². The van der Waals surface area contributed by atoms with Crippen molar-refractivity contribution in [3.63, 3.8) is 0 Å². The monoisotopic (exact) mass is 317 g/mol. The molecular formula is C18H23NO4. The highest BCUT2D eigenvalue weighted by Gasteiger charge is 2.51. The summed E-state index contributed by atoms with van der Waals surface area (Å²) in [6, 6.07) is 9.39. The number of piperidine rings is 1. The van der Waals surface area contributed by atoms with Crippen LogP contribution in [0.5, 0.6) is 0 Å². The fourth-order valence-corrected chi connectivity index (χ4v) is 3.87. The molecule has 2 aliphatic heterocycles. The first-order valence-electron chi connectivity index (χ1n) is 8.26. The van der Waals surface area contributed by atoms with Crippen molar-refractivity contribution < 1.29 is 19.1 Å². The molecule has 2 fully saturated rings. The minimum atomic E-state index is -0.407. The van der Waals surface area contributed by atoms with Gasteiger partial charge in [0.15, 0.2) is 0 Å². The number of nitrogens with zero attached hydrogens (tertiary/aromatic N) is 1. The lowest BCUT2D eigenvalue weighted by atomic mass is 9.87. The van der Waals surface area contributed by atoms with Crippen molar-refractivity contribution in [3.8, 4) is 0 Å². The number of carbonyl (C=O) groups excluding carboxylic acids is 2. The zero-order valence-corrected chi connectivity index (χ0v) is 13.6. The number of ether oxygens (including phenoxy) is 2. The third-order valence-corrected chi connectivity index (χ3v) is 5.04. The van der Waals surface area contributed by atoms with Crippen molar-refractivity contribution in [1.29, 1.82) is 0 Å². The molecule has 124 valence electrons. The molecule has 0 saturated carbocycles. The number of benzene rings is 1. The maximum Gasteiger partial charge on any atom is 0.338 e. The van der Waals surface area contributed by atoms with Crippen molar-refractivity contribution in [3.05, 3.63) is 35.9 Å². The van der Waals surface area contributed by atoms with Gasteiger partial charge in [-0.2, -0.15) is 0 Å². The van der Waals surface area contributed by atoms with Crippen LogP contribution in [0.1, 0.15) is 36.5 Å². The predicted octanol–water partition coefficient (Wildman–Crippen LogP) is 2.26. The van der Waals surface area contributed by atoms with Crippen LogP contribution in [0.3, 0.4) is 0 Å². The van der Waals surface area contributed by atoms with Crippen LogP contribution in [-0.2, 0) is 14.3 Å². The van der Waals surface area contributed by atoms with E-state index in [4.69, 9.17) is 9.47 Å². The number of rotatable bonds is 4. The van der Waals surface area contributed by atoms with Crippen LogP contribution >= 0.6 is 0 Å². The Kier molecular flexibility index (Phi) is 4.66. The Bertz CT molecular complexity index is 574. The highest BCUT2D eigenvalue weighted by Crippen LogP contribution is 2.40. The summed E-state index contributed by atoms with van der Waals surface area (Å²) < 4.78 is 11.0. The van der Waals surface area contributed by atoms with E-state index >= 15 is 0 Å². The van der Waals surface area contributed by atoms with Gasteiger partial charge in [-0.1, -0.05) is 18.2 Å². The van der Waals surface area contributed by atoms with Crippen molar-refractivity contribution in [2.45, 2.75) is 44.4 Å². The molecule has 23 heavy (non-hydrogen) atoms. The van der Waals surface area contributed by atoms with Gasteiger partial charge in [-0.25, -0.2) is 4.79 Å². The number of hydrogen-bond acceptors (Lipinski definition) is 5. The van der Waals surface area contributed by atoms with Crippen LogP contribution < -0.4 is 0 Å². The van der Waals surface area contributed by atoms with Crippen molar-refractivity contribution in [2.24, 2.45) is 5.92 Å². The van der Waals surface area contributed by atoms with Gasteiger partial charge in [0.1, 0.15) is 12.0 Å². The quantitative estimate of drug-likeness (QED) is 0.797. The van der Waals surface area contributed by atoms with Gasteiger partial charge in [0.2, 0.25) is 0 Å². The molecule has 0 radical (unpaired) electrons. The smallest absolute Gasteiger partial charge is 0.338 e. The third-order valence-electron chi connectivity index (χ3n) is 5.04. The van der Waals surface area contributed by atoms with Gasteiger partial charge >= 0.3 is 11.9 Å². The zero-order valence-electron chi connectivity index (χ0n) is 13.6. The highest BCUT2D eigenvalue weighted by molar-refractivity contribution is 5.89. The fourth-order valence-electron chi connectivity index (χ4n) is 3.87. The maximum absolute atomic E-state index is 12.4. The second kappa shape index (κ2) is 6.71. The summed E-state index contributed by atoms with van der Waals surface area (Å²) in [7, 11) is 2.05. The van der Waals surface area contributed by atoms with Crippen LogP contribution in [-0.4, -0.2) is 48.7 Å². The van der Waals surface area contributed by atoms with E-state index < -0.39 is 12.0 Å². The topological polar surface area (TPSA) is 55.8 Å². The third kappa shape index (κ3) is 3.11. The lowest BCUT2D eigenvalue weighted by molar-refractivity contribution is -0.158. The summed E-state index contributed by atoms with van der Waals surface area (Å²) in [5.41, 5.74) is 0.515. The summed E-state index contributed by atoms with van der Waals surface area (Å²) in [5, 5.41) is 0. The lowest BCUT2D eigenvalue weighted by Gasteiger charge is -2.40. The van der Waals surface area contributed by atoms with Crippen molar-refractivity contribution >= 4 is 11.9 Å². The predicted molar refractivity (Wildman–Crippen MR) is 85.0 cm³/mol. The number of hydrogen-bond donors (Lipinski definition) is 0. The molecule has 2 bridgehead atoms. The molecule has 3 rings (SSSR count). The van der Waals surface area contributed by atoms with E-state index in [0.29, 0.717) is 24.6 Å². The Labute approximate surface area is 136 Å². The Morgan fingerprint density at radius 2 is 1.96 bits per heavy atom. The Balaban J connectivity index is 1.78. The van der Waals surface area contributed by atoms with Crippen molar-refractivity contribution in [2.75, 3.05) is 13.7 Å². The Morgan fingerprint density at radius 1 is 1.22 bits per heavy atom. The van der Waals surface area contributed by atoms with Crippen LogP contribution in [0.2, 0.25) is 0 Å². The average molecular weight is 317 g/mol. The average Bonchev–Trinajstić information content (AvgIpc) is 2.80. The first kappa shape index (κ1) is 16.0. The summed E-state index contributed by atoms with van der Waals surface area (Å²) >= 11 is 0. The normalized spacial score (nSPS) is 30.0. The number of carbonyl (C=O) groups is 2. The molecule has 0 aliphatic carbocycles. The summed E-state index contributed by atoms with van der Waals surface area (Å²) in [6.45, 7) is 2.14. The first-order valence-corrected chi connectivity index (χ1v) is 8.26. The molecule has 0 N–H and O–H groups in total. The van der Waals surface area contributed by atoms with Gasteiger partial charge in [-0.15, -0.1) is 0 Å². The lowest BCUT2D eigenvalue weighted by Crippen LogP contribution is -2.53. The molecule has 5 nitrogen and oxygen atoms in total. The molecule has 0 unspecified atom stereocenters. The van der Waals surface area contributed by atoms with Gasteiger partial charge in [-0.3, -0.25) is 9.69 Å². The van der Waals surface area contributed by atoms with Crippen LogP contribution in [0.15, 0.2) is 30.3 Å². The first-order chi connectivity index (χ1) is 11.1. The van der Waals surface area contributed by atoms with E-state index in [1.165, 1.54) is 0 Å². The Hall–Kier alpha value is -1.88. The second-order valence-electron chi connectivity index (χ2n) is 6.29. The standard InChI is InChI=1S/C18H23NO4/c1-3-22-18(21)16-14-10-9-13(19(14)2)11-15(16)23-17(20)12-7-5-4-6-8-12/h4-8,13-16H,3,9-11H2,1-2H3/t13-,14+,15-,16+/m0/s1. The SMILES string of the molecule is CCOC(=O)[C@H]1[C@@H](OC(=O)c2ccccc2)C[C@@H]2CC[C@H]1N2C. The molecule has 4 atom stereocenters. The van der Waals surface area contributed by atoms with Gasteiger partial charge in [-0.05, 0) is 38.9 Å². The summed E-state index contributed by atoms with van der Waals surface area (Å²) in [6.07, 6.45) is 2.27. The highest BCUT2D eigenvalue weighted by atomic mass is 16.6. The van der Waals surface area contributed by atoms with E-state index in [1.807, 2.05) is 13.1 Å². The number of fused-ring (bicyclic) bond motifs is 2. The van der Waals surface area contributed by atoms with Crippen LogP contribution in [0, 0.1) is 5.92 Å². The maximum atomic E-state index is 12.4. The van der Waals surface area contributed by atoms with Gasteiger partial charge in [0.25, 0.3) is 0 Å². The molecule has 2 heterocycles. The number of esters is 2. The van der Waals surface area contributed by atoms with E-state index in [-0.39, 0.29) is 18.0 Å². The zero-order chi connectivity index (χ0) is 16.4. The minimum Gasteiger partial charge on any atom is -0.466 e. The summed E-state index contributed by atoms with van der Waals surface area (Å²) in [5.74, 6) is -1.02. The van der Waals surface area contributed by atoms with E-state index in [1.54, 1.807) is 31.2 Å². The van der Waals surface area contributed by atoms with E-state index in [2.05, 4.69) is 4.90 Å². The molecule has 1 aromatic carbocycles. The fraction of sp³-hybridized carbons (Fsp3) is 0.556. The molecule has 0 amide bonds. The van der Waals surface area contributed by atoms with E-state index in [0.717, 1.165) is 12.8 Å². The molecule has 1 aromatic rings. The van der Waals surface area contributed by atoms with Crippen LogP contribution in [0.4, 0.5) is 0 Å². The molecular weight excluding hydrogens is 294 g/mol. The Morgan fingerprint density at radius 3 is 2.65 bits per heavy atom. The van der Waals surface area contributed by atoms with Gasteiger partial charge in [0, 0.05) is 18.5 Å². The largest absolute Gasteiger partial charge is 0.466 e. The second-order valence-corrected chi connectivity index (χ2v) is 6.29. The molecule has 2 aliphatic rings. The minimum absolute atomic E-state index is 0.0985. The molecule has 5 heteroatoms. The summed E-state index contributed by atoms with van der Waals surface area (Å²) in [4.78, 5) is 27.0. The van der Waals surface area contributed by atoms with Crippen LogP contribution in [0.25, 0.3) is 0 Å². The molecule has 2 saturated heterocycles. The molecule has 0 aromatic heterocycles. The van der Waals surface area contributed by atoms with Crippen molar-refractivity contribution in [1.82, 2.24) is 4.90 Å². The van der Waals surface area contributed by atoms with Gasteiger partial charge < -0.3 is 9.47 Å². The van der Waals surface area contributed by atoms with E-state index in [9.17, 15) is 9.59 Å².